The predicted octanol–water partition coefficient (Wildman–Crippen LogP) is 3.19. The number of carbonyl (C=O) groups is 1. The quantitative estimate of drug-likeness (QED) is 0.517. The van der Waals surface area contributed by atoms with Crippen molar-refractivity contribution >= 4 is 32.5 Å². The lowest BCUT2D eigenvalue weighted by Gasteiger charge is -2.10. The van der Waals surface area contributed by atoms with Crippen molar-refractivity contribution in [1.82, 2.24) is 19.3 Å². The minimum absolute atomic E-state index is 0.132. The molecule has 0 unspecified atom stereocenters. The van der Waals surface area contributed by atoms with E-state index >= 15 is 0 Å². The largest absolute Gasteiger partial charge is 0.321 e. The first kappa shape index (κ1) is 20.8. The fourth-order valence-corrected chi connectivity index (χ4v) is 4.40. The minimum Gasteiger partial charge on any atom is -0.321 e. The number of para-hydroxylation sites is 2. The topological polar surface area (TPSA) is 98.9 Å². The van der Waals surface area contributed by atoms with Gasteiger partial charge in [0.1, 0.15) is 6.54 Å². The number of rotatable bonds is 5. The van der Waals surface area contributed by atoms with Crippen LogP contribution in [-0.2, 0) is 21.2 Å². The van der Waals surface area contributed by atoms with Crippen molar-refractivity contribution in [2.45, 2.75) is 32.5 Å². The molecule has 4 aromatic rings. The number of fused-ring (bicyclic) bond motifs is 1. The number of carbonyl (C=O) groups excluding carboxylic acids is 1. The van der Waals surface area contributed by atoms with Crippen LogP contribution in [0.4, 0.5) is 5.69 Å². The first-order valence-corrected chi connectivity index (χ1v) is 11.6. The molecule has 0 saturated carbocycles. The van der Waals surface area contributed by atoms with Gasteiger partial charge >= 0.3 is 0 Å². The molecule has 2 heterocycles. The molecular formula is C22H23N5O3S. The molecule has 4 rings (SSSR count). The molecule has 0 radical (unpaired) electrons. The number of hydrogen-bond acceptors (Lipinski definition) is 5. The lowest BCUT2D eigenvalue weighted by atomic mass is 10.2. The molecule has 0 aliphatic rings. The van der Waals surface area contributed by atoms with E-state index in [4.69, 9.17) is 0 Å². The van der Waals surface area contributed by atoms with Crippen LogP contribution in [0, 0.1) is 20.8 Å². The van der Waals surface area contributed by atoms with Gasteiger partial charge in [0.05, 0.1) is 33.8 Å². The smallest absolute Gasteiger partial charge is 0.244 e. The second kappa shape index (κ2) is 7.66. The minimum atomic E-state index is -3.61. The first-order chi connectivity index (χ1) is 14.6. The number of aromatic nitrogens is 4. The maximum atomic E-state index is 12.9. The summed E-state index contributed by atoms with van der Waals surface area (Å²) >= 11 is 0. The number of nitrogens with zero attached hydrogens (tertiary/aromatic N) is 4. The number of imidazole rings is 1. The van der Waals surface area contributed by atoms with Crippen LogP contribution in [0.1, 0.15) is 17.0 Å². The Morgan fingerprint density at radius 2 is 1.71 bits per heavy atom. The van der Waals surface area contributed by atoms with Gasteiger partial charge in [-0.3, -0.25) is 4.79 Å². The molecule has 31 heavy (non-hydrogen) atoms. The molecule has 1 N–H and O–H groups in total. The highest BCUT2D eigenvalue weighted by atomic mass is 32.2. The zero-order valence-electron chi connectivity index (χ0n) is 17.7. The van der Waals surface area contributed by atoms with Crippen LogP contribution in [0.15, 0.2) is 53.7 Å². The zero-order chi connectivity index (χ0) is 22.3. The molecule has 0 fully saturated rings. The van der Waals surface area contributed by atoms with Gasteiger partial charge in [-0.05, 0) is 45.0 Å². The van der Waals surface area contributed by atoms with Gasteiger partial charge < -0.3 is 9.88 Å². The number of aryl methyl sites for hydroxylation is 2. The number of sulfone groups is 1. The van der Waals surface area contributed by atoms with Crippen molar-refractivity contribution in [2.75, 3.05) is 11.6 Å². The number of anilines is 1. The second-order valence-corrected chi connectivity index (χ2v) is 9.49. The third-order valence-electron chi connectivity index (χ3n) is 5.09. The van der Waals surface area contributed by atoms with Crippen molar-refractivity contribution in [1.29, 1.82) is 0 Å². The lowest BCUT2D eigenvalue weighted by Crippen LogP contribution is -2.22. The summed E-state index contributed by atoms with van der Waals surface area (Å²) in [6.45, 7) is 5.53. The van der Waals surface area contributed by atoms with Crippen molar-refractivity contribution < 1.29 is 13.2 Å². The van der Waals surface area contributed by atoms with E-state index in [1.165, 1.54) is 4.57 Å². The van der Waals surface area contributed by atoms with E-state index in [1.807, 2.05) is 45.0 Å². The molecule has 8 nitrogen and oxygen atoms in total. The summed E-state index contributed by atoms with van der Waals surface area (Å²) < 4.78 is 27.7. The van der Waals surface area contributed by atoms with E-state index in [-0.39, 0.29) is 17.6 Å². The Labute approximate surface area is 180 Å². The van der Waals surface area contributed by atoms with E-state index in [1.54, 1.807) is 28.9 Å². The van der Waals surface area contributed by atoms with E-state index in [0.717, 1.165) is 23.2 Å². The standard InChI is InChI=1S/C22H23N5O3S/c1-14-9-11-17(12-10-14)27-16(3)21(15(2)25-27)24-20(28)13-26-19-8-6-5-7-18(19)23-22(26)31(4,29)30/h5-12H,13H2,1-4H3,(H,24,28). The van der Waals surface area contributed by atoms with Crippen molar-refractivity contribution in [3.05, 3.63) is 65.5 Å². The molecule has 0 aliphatic carbocycles. The van der Waals surface area contributed by atoms with E-state index < -0.39 is 9.84 Å². The predicted molar refractivity (Wildman–Crippen MR) is 119 cm³/mol. The second-order valence-electron chi connectivity index (χ2n) is 7.58. The van der Waals surface area contributed by atoms with Crippen LogP contribution in [0.5, 0.6) is 0 Å². The third-order valence-corrected chi connectivity index (χ3v) is 6.06. The van der Waals surface area contributed by atoms with Gasteiger partial charge in [-0.2, -0.15) is 5.10 Å². The fraction of sp³-hybridized carbons (Fsp3) is 0.227. The molecule has 9 heteroatoms. The average Bonchev–Trinajstić information content (AvgIpc) is 3.21. The van der Waals surface area contributed by atoms with Gasteiger partial charge in [-0.25, -0.2) is 18.1 Å². The van der Waals surface area contributed by atoms with Gasteiger partial charge in [0.25, 0.3) is 0 Å². The Kier molecular flexibility index (Phi) is 5.14. The molecule has 1 amide bonds. The SMILES string of the molecule is Cc1ccc(-n2nc(C)c(NC(=O)Cn3c(S(C)(=O)=O)nc4ccccc43)c2C)cc1. The molecular weight excluding hydrogens is 414 g/mol. The maximum absolute atomic E-state index is 12.9. The molecule has 0 bridgehead atoms. The Morgan fingerprint density at radius 3 is 2.39 bits per heavy atom. The number of nitrogens with one attached hydrogen (secondary N) is 1. The van der Waals surface area contributed by atoms with E-state index in [2.05, 4.69) is 15.4 Å². The molecule has 0 atom stereocenters. The highest BCUT2D eigenvalue weighted by Crippen LogP contribution is 2.24. The Morgan fingerprint density at radius 1 is 1.03 bits per heavy atom. The fourth-order valence-electron chi connectivity index (χ4n) is 3.57. The summed E-state index contributed by atoms with van der Waals surface area (Å²) in [7, 11) is -3.61. The van der Waals surface area contributed by atoms with Gasteiger partial charge in [0.2, 0.25) is 20.9 Å². The van der Waals surface area contributed by atoms with Crippen LogP contribution in [0.2, 0.25) is 0 Å². The Bertz CT molecular complexity index is 1400. The maximum Gasteiger partial charge on any atom is 0.244 e. The summed E-state index contributed by atoms with van der Waals surface area (Å²) in [5, 5.41) is 7.32. The summed E-state index contributed by atoms with van der Waals surface area (Å²) in [5.41, 5.74) is 5.21. The van der Waals surface area contributed by atoms with Gasteiger partial charge in [-0.1, -0.05) is 29.8 Å². The third kappa shape index (κ3) is 3.96. The highest BCUT2D eigenvalue weighted by Gasteiger charge is 2.22. The molecule has 2 aromatic heterocycles. The number of amides is 1. The van der Waals surface area contributed by atoms with Crippen molar-refractivity contribution in [3.8, 4) is 5.69 Å². The van der Waals surface area contributed by atoms with Gasteiger partial charge in [-0.15, -0.1) is 0 Å². The van der Waals surface area contributed by atoms with Crippen molar-refractivity contribution in [3.63, 3.8) is 0 Å². The summed E-state index contributed by atoms with van der Waals surface area (Å²) in [4.78, 5) is 17.1. The van der Waals surface area contributed by atoms with Crippen LogP contribution < -0.4 is 5.32 Å². The van der Waals surface area contributed by atoms with E-state index in [9.17, 15) is 13.2 Å². The molecule has 0 saturated heterocycles. The number of hydrogen-bond donors (Lipinski definition) is 1. The molecule has 0 aliphatic heterocycles. The molecule has 0 spiro atoms. The first-order valence-electron chi connectivity index (χ1n) is 9.73. The summed E-state index contributed by atoms with van der Waals surface area (Å²) in [6.07, 6.45) is 1.09. The van der Waals surface area contributed by atoms with Crippen LogP contribution in [0.25, 0.3) is 16.7 Å². The van der Waals surface area contributed by atoms with E-state index in [0.29, 0.717) is 22.4 Å². The lowest BCUT2D eigenvalue weighted by molar-refractivity contribution is -0.116. The van der Waals surface area contributed by atoms with Crippen LogP contribution in [-0.4, -0.2) is 39.9 Å². The Balaban J connectivity index is 1.66. The average molecular weight is 438 g/mol. The molecule has 160 valence electrons. The summed E-state index contributed by atoms with van der Waals surface area (Å²) in [6, 6.07) is 15.0. The summed E-state index contributed by atoms with van der Waals surface area (Å²) in [5.74, 6) is -0.359. The van der Waals surface area contributed by atoms with Crippen molar-refractivity contribution in [2.24, 2.45) is 0 Å². The normalized spacial score (nSPS) is 11.7. The van der Waals surface area contributed by atoms with Gasteiger partial charge in [0, 0.05) is 6.26 Å². The van der Waals surface area contributed by atoms with Gasteiger partial charge in [0.15, 0.2) is 0 Å². The Hall–Kier alpha value is -3.46. The highest BCUT2D eigenvalue weighted by molar-refractivity contribution is 7.90. The van der Waals surface area contributed by atoms with Crippen LogP contribution >= 0.6 is 0 Å². The van der Waals surface area contributed by atoms with Crippen LogP contribution in [0.3, 0.4) is 0 Å². The molecule has 2 aromatic carbocycles. The zero-order valence-corrected chi connectivity index (χ0v) is 18.6. The monoisotopic (exact) mass is 437 g/mol. The number of benzene rings is 2.